The fourth-order valence-corrected chi connectivity index (χ4v) is 2.92. The summed E-state index contributed by atoms with van der Waals surface area (Å²) in [4.78, 5) is 36.2. The maximum absolute atomic E-state index is 12.5. The number of hydrogen-bond donors (Lipinski definition) is 3. The third kappa shape index (κ3) is 4.70. The number of nitrogens with one attached hydrogen (secondary N) is 2. The van der Waals surface area contributed by atoms with Crippen LogP contribution < -0.4 is 15.4 Å². The summed E-state index contributed by atoms with van der Waals surface area (Å²) in [5.74, 6) is -1.41. The maximum atomic E-state index is 12.5. The van der Waals surface area contributed by atoms with E-state index in [-0.39, 0.29) is 30.1 Å². The van der Waals surface area contributed by atoms with Gasteiger partial charge < -0.3 is 20.5 Å². The molecule has 0 bridgehead atoms. The van der Waals surface area contributed by atoms with E-state index in [4.69, 9.17) is 4.74 Å². The molecule has 148 valence electrons. The highest BCUT2D eigenvalue weighted by molar-refractivity contribution is 6.08. The Hall–Kier alpha value is -3.87. The normalized spacial score (nSPS) is 10.4. The Labute approximate surface area is 167 Å². The van der Waals surface area contributed by atoms with Crippen LogP contribution in [0.4, 0.5) is 0 Å². The van der Waals surface area contributed by atoms with Gasteiger partial charge in [-0.05, 0) is 41.1 Å². The molecule has 3 aromatic rings. The molecule has 3 aromatic carbocycles. The van der Waals surface area contributed by atoms with Crippen LogP contribution in [0, 0.1) is 0 Å². The van der Waals surface area contributed by atoms with E-state index in [9.17, 15) is 19.5 Å². The molecule has 0 aliphatic heterocycles. The standard InChI is InChI=1S/C22H20N2O5/c1-29-17-8-4-7-16(11-17)20(25)23-9-10-24-21(26)18-12-14-5-2-3-6-15(14)13-19(18)22(27)28/h2-8,11-13H,9-10H2,1H3,(H,23,25)(H,24,26)(H,27,28). The van der Waals surface area contributed by atoms with Crippen molar-refractivity contribution in [2.75, 3.05) is 20.2 Å². The number of methoxy groups -OCH3 is 1. The summed E-state index contributed by atoms with van der Waals surface area (Å²) in [6, 6.07) is 17.0. The van der Waals surface area contributed by atoms with Crippen LogP contribution in [0.15, 0.2) is 60.7 Å². The van der Waals surface area contributed by atoms with E-state index in [1.165, 1.54) is 13.2 Å². The van der Waals surface area contributed by atoms with Crippen LogP contribution in [0.1, 0.15) is 31.1 Å². The fourth-order valence-electron chi connectivity index (χ4n) is 2.92. The van der Waals surface area contributed by atoms with Crippen molar-refractivity contribution in [1.82, 2.24) is 10.6 Å². The van der Waals surface area contributed by atoms with Crippen LogP contribution in [0.3, 0.4) is 0 Å². The van der Waals surface area contributed by atoms with Crippen LogP contribution in [0.5, 0.6) is 5.75 Å². The summed E-state index contributed by atoms with van der Waals surface area (Å²) in [6.45, 7) is 0.345. The van der Waals surface area contributed by atoms with E-state index in [1.807, 2.05) is 12.1 Å². The molecule has 0 atom stereocenters. The number of rotatable bonds is 7. The monoisotopic (exact) mass is 392 g/mol. The summed E-state index contributed by atoms with van der Waals surface area (Å²) in [7, 11) is 1.52. The van der Waals surface area contributed by atoms with Crippen molar-refractivity contribution in [1.29, 1.82) is 0 Å². The van der Waals surface area contributed by atoms with Crippen molar-refractivity contribution >= 4 is 28.6 Å². The number of carboxylic acids is 1. The third-order valence-corrected chi connectivity index (χ3v) is 4.39. The van der Waals surface area contributed by atoms with E-state index < -0.39 is 11.9 Å². The van der Waals surface area contributed by atoms with Gasteiger partial charge in [0, 0.05) is 18.7 Å². The summed E-state index contributed by atoms with van der Waals surface area (Å²) >= 11 is 0. The molecule has 0 spiro atoms. The van der Waals surface area contributed by atoms with Crippen molar-refractivity contribution in [3.63, 3.8) is 0 Å². The molecule has 7 nitrogen and oxygen atoms in total. The first kappa shape index (κ1) is 19.9. The Bertz CT molecular complexity index is 1080. The predicted octanol–water partition coefficient (Wildman–Crippen LogP) is 2.71. The van der Waals surface area contributed by atoms with Gasteiger partial charge in [0.15, 0.2) is 0 Å². The highest BCUT2D eigenvalue weighted by Gasteiger charge is 2.17. The van der Waals surface area contributed by atoms with E-state index >= 15 is 0 Å². The molecule has 2 amide bonds. The number of aromatic carboxylic acids is 1. The molecule has 3 rings (SSSR count). The first-order valence-electron chi connectivity index (χ1n) is 8.96. The zero-order valence-corrected chi connectivity index (χ0v) is 15.8. The van der Waals surface area contributed by atoms with Crippen molar-refractivity contribution < 1.29 is 24.2 Å². The van der Waals surface area contributed by atoms with Gasteiger partial charge in [0.2, 0.25) is 0 Å². The lowest BCUT2D eigenvalue weighted by atomic mass is 10.0. The van der Waals surface area contributed by atoms with Crippen LogP contribution >= 0.6 is 0 Å². The smallest absolute Gasteiger partial charge is 0.336 e. The van der Waals surface area contributed by atoms with Gasteiger partial charge in [-0.25, -0.2) is 4.79 Å². The van der Waals surface area contributed by atoms with Gasteiger partial charge in [-0.1, -0.05) is 30.3 Å². The van der Waals surface area contributed by atoms with Crippen LogP contribution in [-0.4, -0.2) is 43.1 Å². The number of amides is 2. The Morgan fingerprint density at radius 1 is 0.828 bits per heavy atom. The van der Waals surface area contributed by atoms with Crippen LogP contribution in [-0.2, 0) is 0 Å². The highest BCUT2D eigenvalue weighted by atomic mass is 16.5. The number of ether oxygens (including phenoxy) is 1. The molecule has 0 unspecified atom stereocenters. The molecule has 0 aliphatic rings. The number of hydrogen-bond acceptors (Lipinski definition) is 4. The second-order valence-corrected chi connectivity index (χ2v) is 6.29. The van der Waals surface area contributed by atoms with Crippen molar-refractivity contribution in [3.8, 4) is 5.75 Å². The van der Waals surface area contributed by atoms with Gasteiger partial charge >= 0.3 is 5.97 Å². The second-order valence-electron chi connectivity index (χ2n) is 6.29. The molecule has 3 N–H and O–H groups in total. The minimum atomic E-state index is -1.17. The van der Waals surface area contributed by atoms with E-state index in [1.54, 1.807) is 42.5 Å². The molecule has 0 heterocycles. The lowest BCUT2D eigenvalue weighted by Crippen LogP contribution is -2.35. The van der Waals surface area contributed by atoms with E-state index in [0.29, 0.717) is 11.3 Å². The Morgan fingerprint density at radius 2 is 1.45 bits per heavy atom. The Kier molecular flexibility index (Phi) is 6.09. The van der Waals surface area contributed by atoms with Gasteiger partial charge in [-0.3, -0.25) is 9.59 Å². The largest absolute Gasteiger partial charge is 0.497 e. The molecule has 0 saturated heterocycles. The first-order chi connectivity index (χ1) is 14.0. The molecule has 0 aromatic heterocycles. The summed E-state index contributed by atoms with van der Waals surface area (Å²) in [6.07, 6.45) is 0. The molecule has 7 heteroatoms. The number of carbonyl (C=O) groups excluding carboxylic acids is 2. The van der Waals surface area contributed by atoms with Gasteiger partial charge in [-0.2, -0.15) is 0 Å². The SMILES string of the molecule is COc1cccc(C(=O)NCCNC(=O)c2cc3ccccc3cc2C(=O)O)c1. The van der Waals surface area contributed by atoms with Crippen LogP contribution in [0.25, 0.3) is 10.8 Å². The fraction of sp³-hybridized carbons (Fsp3) is 0.136. The zero-order valence-electron chi connectivity index (χ0n) is 15.8. The molecule has 0 fully saturated rings. The molecular weight excluding hydrogens is 372 g/mol. The maximum Gasteiger partial charge on any atom is 0.336 e. The first-order valence-corrected chi connectivity index (χ1v) is 8.96. The highest BCUT2D eigenvalue weighted by Crippen LogP contribution is 2.20. The minimum Gasteiger partial charge on any atom is -0.497 e. The van der Waals surface area contributed by atoms with Crippen molar-refractivity contribution in [2.45, 2.75) is 0 Å². The van der Waals surface area contributed by atoms with E-state index in [0.717, 1.165) is 10.8 Å². The van der Waals surface area contributed by atoms with Gasteiger partial charge in [0.1, 0.15) is 5.75 Å². The summed E-state index contributed by atoms with van der Waals surface area (Å²) in [5, 5.41) is 16.3. The average molecular weight is 392 g/mol. The lowest BCUT2D eigenvalue weighted by Gasteiger charge is -2.11. The molecule has 0 aliphatic carbocycles. The Balaban J connectivity index is 1.62. The molecule has 0 radical (unpaired) electrons. The molecule has 29 heavy (non-hydrogen) atoms. The number of carbonyl (C=O) groups is 3. The minimum absolute atomic E-state index is 0.0679. The second kappa shape index (κ2) is 8.88. The average Bonchev–Trinajstić information content (AvgIpc) is 2.75. The summed E-state index contributed by atoms with van der Waals surface area (Å²) < 4.78 is 5.09. The van der Waals surface area contributed by atoms with Crippen LogP contribution in [0.2, 0.25) is 0 Å². The van der Waals surface area contributed by atoms with Crippen molar-refractivity contribution in [3.05, 3.63) is 77.4 Å². The van der Waals surface area contributed by atoms with Crippen molar-refractivity contribution in [2.24, 2.45) is 0 Å². The number of benzene rings is 3. The van der Waals surface area contributed by atoms with Gasteiger partial charge in [-0.15, -0.1) is 0 Å². The zero-order chi connectivity index (χ0) is 20.8. The number of carboxylic acid groups (broad SMARTS) is 1. The summed E-state index contributed by atoms with van der Waals surface area (Å²) in [5.41, 5.74) is 0.454. The molecule has 0 saturated carbocycles. The topological polar surface area (TPSA) is 105 Å². The Morgan fingerprint density at radius 3 is 2.07 bits per heavy atom. The quantitative estimate of drug-likeness (QED) is 0.536. The predicted molar refractivity (Wildman–Crippen MR) is 109 cm³/mol. The molecular formula is C22H20N2O5. The van der Waals surface area contributed by atoms with E-state index in [2.05, 4.69) is 10.6 Å². The lowest BCUT2D eigenvalue weighted by molar-refractivity contribution is 0.0691. The third-order valence-electron chi connectivity index (χ3n) is 4.39. The van der Waals surface area contributed by atoms with Gasteiger partial charge in [0.25, 0.3) is 11.8 Å². The van der Waals surface area contributed by atoms with Gasteiger partial charge in [0.05, 0.1) is 18.2 Å². The number of fused-ring (bicyclic) bond motifs is 1.